The summed E-state index contributed by atoms with van der Waals surface area (Å²) in [5.74, 6) is 0.314. The molecule has 3 rings (SSSR count). The van der Waals surface area contributed by atoms with E-state index in [1.807, 2.05) is 0 Å². The van der Waals surface area contributed by atoms with E-state index in [0.717, 1.165) is 5.39 Å². The van der Waals surface area contributed by atoms with Crippen LogP contribution in [-0.4, -0.2) is 31.0 Å². The van der Waals surface area contributed by atoms with Crippen LogP contribution in [0.25, 0.3) is 10.9 Å². The number of pyridine rings is 1. The summed E-state index contributed by atoms with van der Waals surface area (Å²) in [6.07, 6.45) is 1.63. The molecule has 0 radical (unpaired) electrons. The second-order valence-corrected chi connectivity index (χ2v) is 5.48. The lowest BCUT2D eigenvalue weighted by atomic mass is 10.2. The fourth-order valence-corrected chi connectivity index (χ4v) is 2.46. The molecule has 0 unspecified atom stereocenters. The molecule has 2 amide bonds. The topological polar surface area (TPSA) is 113 Å². The minimum atomic E-state index is -1.05. The van der Waals surface area contributed by atoms with Crippen LogP contribution in [0.5, 0.6) is 23.0 Å². The third kappa shape index (κ3) is 3.90. The van der Waals surface area contributed by atoms with E-state index in [1.165, 1.54) is 0 Å². The molecule has 0 fully saturated rings. The average molecular weight is 367 g/mol. The molecule has 0 aliphatic heterocycles. The highest BCUT2D eigenvalue weighted by Crippen LogP contribution is 2.36. The van der Waals surface area contributed by atoms with Gasteiger partial charge in [0.15, 0.2) is 11.5 Å². The molecule has 2 aromatic carbocycles. The van der Waals surface area contributed by atoms with Crippen molar-refractivity contribution >= 4 is 28.4 Å². The highest BCUT2D eigenvalue weighted by atomic mass is 16.5. The number of methoxy groups -OCH3 is 2. The number of nitrogens with two attached hydrogens (primary N) is 1. The van der Waals surface area contributed by atoms with Crippen LogP contribution in [0.3, 0.4) is 0 Å². The molecule has 8 nitrogen and oxygen atoms in total. The SMILES string of the molecule is COc1cc2nccc(Oc3ccc(NC(=O)C(N)=O)cc3)c2cc1OC. The minimum absolute atomic E-state index is 0.428. The van der Waals surface area contributed by atoms with Gasteiger partial charge >= 0.3 is 11.8 Å². The van der Waals surface area contributed by atoms with Gasteiger partial charge in [0.25, 0.3) is 0 Å². The molecule has 1 heterocycles. The van der Waals surface area contributed by atoms with E-state index in [2.05, 4.69) is 10.3 Å². The van der Waals surface area contributed by atoms with Crippen LogP contribution >= 0.6 is 0 Å². The van der Waals surface area contributed by atoms with Crippen molar-refractivity contribution in [2.24, 2.45) is 5.73 Å². The summed E-state index contributed by atoms with van der Waals surface area (Å²) < 4.78 is 16.6. The molecule has 0 atom stereocenters. The molecule has 0 aliphatic rings. The van der Waals surface area contributed by atoms with E-state index < -0.39 is 11.8 Å². The van der Waals surface area contributed by atoms with Gasteiger partial charge in [0.1, 0.15) is 11.5 Å². The van der Waals surface area contributed by atoms with Crippen LogP contribution < -0.4 is 25.3 Å². The summed E-state index contributed by atoms with van der Waals surface area (Å²) in [5, 5.41) is 3.13. The number of ether oxygens (including phenoxy) is 3. The van der Waals surface area contributed by atoms with Crippen molar-refractivity contribution in [1.29, 1.82) is 0 Å². The number of hydrogen-bond acceptors (Lipinski definition) is 6. The zero-order chi connectivity index (χ0) is 19.4. The lowest BCUT2D eigenvalue weighted by Crippen LogP contribution is -2.29. The van der Waals surface area contributed by atoms with Crippen molar-refractivity contribution < 1.29 is 23.8 Å². The van der Waals surface area contributed by atoms with Crippen molar-refractivity contribution in [1.82, 2.24) is 4.98 Å². The molecular formula is C19H17N3O5. The average Bonchev–Trinajstić information content (AvgIpc) is 2.68. The monoisotopic (exact) mass is 367 g/mol. The van der Waals surface area contributed by atoms with Gasteiger partial charge in [0, 0.05) is 23.3 Å². The first-order chi connectivity index (χ1) is 13.0. The van der Waals surface area contributed by atoms with Crippen LogP contribution in [0.2, 0.25) is 0 Å². The first-order valence-electron chi connectivity index (χ1n) is 7.91. The minimum Gasteiger partial charge on any atom is -0.493 e. The number of anilines is 1. The van der Waals surface area contributed by atoms with Gasteiger partial charge < -0.3 is 25.3 Å². The highest BCUT2D eigenvalue weighted by Gasteiger charge is 2.12. The number of aromatic nitrogens is 1. The Morgan fingerprint density at radius 3 is 2.26 bits per heavy atom. The van der Waals surface area contributed by atoms with Gasteiger partial charge in [-0.25, -0.2) is 0 Å². The number of benzene rings is 2. The molecule has 0 saturated carbocycles. The molecule has 0 spiro atoms. The maximum absolute atomic E-state index is 11.3. The van der Waals surface area contributed by atoms with Crippen molar-refractivity contribution in [3.8, 4) is 23.0 Å². The Bertz CT molecular complexity index is 1000. The van der Waals surface area contributed by atoms with Gasteiger partial charge in [-0.1, -0.05) is 0 Å². The fraction of sp³-hybridized carbons (Fsp3) is 0.105. The number of carbonyl (C=O) groups is 2. The number of rotatable bonds is 5. The number of fused-ring (bicyclic) bond motifs is 1. The third-order valence-corrected chi connectivity index (χ3v) is 3.77. The molecule has 27 heavy (non-hydrogen) atoms. The van der Waals surface area contributed by atoms with E-state index in [1.54, 1.807) is 62.9 Å². The Morgan fingerprint density at radius 2 is 1.63 bits per heavy atom. The van der Waals surface area contributed by atoms with Gasteiger partial charge in [-0.2, -0.15) is 0 Å². The largest absolute Gasteiger partial charge is 0.493 e. The number of hydrogen-bond donors (Lipinski definition) is 2. The zero-order valence-corrected chi connectivity index (χ0v) is 14.7. The van der Waals surface area contributed by atoms with Gasteiger partial charge in [-0.3, -0.25) is 14.6 Å². The van der Waals surface area contributed by atoms with Gasteiger partial charge in [-0.15, -0.1) is 0 Å². The summed E-state index contributed by atoms with van der Waals surface area (Å²) in [5.41, 5.74) is 6.03. The van der Waals surface area contributed by atoms with E-state index in [9.17, 15) is 9.59 Å². The van der Waals surface area contributed by atoms with Crippen LogP contribution in [0.4, 0.5) is 5.69 Å². The lowest BCUT2D eigenvalue weighted by molar-refractivity contribution is -0.134. The molecule has 8 heteroatoms. The summed E-state index contributed by atoms with van der Waals surface area (Å²) in [7, 11) is 3.11. The number of primary amides is 1. The van der Waals surface area contributed by atoms with E-state index in [0.29, 0.717) is 34.2 Å². The van der Waals surface area contributed by atoms with E-state index in [-0.39, 0.29) is 0 Å². The highest BCUT2D eigenvalue weighted by molar-refractivity contribution is 6.39. The molecule has 3 N–H and O–H groups in total. The van der Waals surface area contributed by atoms with Gasteiger partial charge in [0.2, 0.25) is 0 Å². The predicted octanol–water partition coefficient (Wildman–Crippen LogP) is 2.47. The Labute approximate surface area is 154 Å². The van der Waals surface area contributed by atoms with Gasteiger partial charge in [0.05, 0.1) is 19.7 Å². The third-order valence-electron chi connectivity index (χ3n) is 3.77. The van der Waals surface area contributed by atoms with Crippen molar-refractivity contribution in [3.05, 3.63) is 48.7 Å². The Morgan fingerprint density at radius 1 is 0.963 bits per heavy atom. The second-order valence-electron chi connectivity index (χ2n) is 5.48. The first-order valence-corrected chi connectivity index (χ1v) is 7.91. The number of nitrogens with one attached hydrogen (secondary N) is 1. The normalized spacial score (nSPS) is 10.3. The summed E-state index contributed by atoms with van der Waals surface area (Å²) in [6, 6.07) is 11.8. The fourth-order valence-electron chi connectivity index (χ4n) is 2.46. The molecule has 138 valence electrons. The maximum Gasteiger partial charge on any atom is 0.313 e. The molecule has 0 saturated heterocycles. The Balaban J connectivity index is 1.88. The second kappa shape index (κ2) is 7.61. The molecule has 0 bridgehead atoms. The maximum atomic E-state index is 11.3. The molecule has 3 aromatic rings. The number of carbonyl (C=O) groups excluding carboxylic acids is 2. The Kier molecular flexibility index (Phi) is 5.07. The number of amides is 2. The van der Waals surface area contributed by atoms with Gasteiger partial charge in [-0.05, 0) is 36.4 Å². The molecule has 0 aliphatic carbocycles. The van der Waals surface area contributed by atoms with Crippen LogP contribution in [0, 0.1) is 0 Å². The lowest BCUT2D eigenvalue weighted by Gasteiger charge is -2.12. The van der Waals surface area contributed by atoms with Crippen LogP contribution in [0.15, 0.2) is 48.7 Å². The smallest absolute Gasteiger partial charge is 0.313 e. The van der Waals surface area contributed by atoms with Crippen LogP contribution in [0.1, 0.15) is 0 Å². The predicted molar refractivity (Wildman–Crippen MR) is 99.2 cm³/mol. The Hall–Kier alpha value is -3.81. The zero-order valence-electron chi connectivity index (χ0n) is 14.7. The van der Waals surface area contributed by atoms with Crippen molar-refractivity contribution in [2.45, 2.75) is 0 Å². The molecule has 1 aromatic heterocycles. The summed E-state index contributed by atoms with van der Waals surface area (Å²) in [4.78, 5) is 26.4. The van der Waals surface area contributed by atoms with Crippen molar-refractivity contribution in [3.63, 3.8) is 0 Å². The summed E-state index contributed by atoms with van der Waals surface area (Å²) >= 11 is 0. The quantitative estimate of drug-likeness (QED) is 0.670. The van der Waals surface area contributed by atoms with Crippen molar-refractivity contribution in [2.75, 3.05) is 19.5 Å². The first kappa shape index (κ1) is 18.0. The van der Waals surface area contributed by atoms with Crippen LogP contribution in [-0.2, 0) is 9.59 Å². The summed E-state index contributed by atoms with van der Waals surface area (Å²) in [6.45, 7) is 0. The number of nitrogens with zero attached hydrogens (tertiary/aromatic N) is 1. The van der Waals surface area contributed by atoms with E-state index in [4.69, 9.17) is 19.9 Å². The molecular weight excluding hydrogens is 350 g/mol. The standard InChI is InChI=1S/C19H17N3O5/c1-25-16-9-13-14(10-17(16)26-2)21-8-7-15(13)27-12-5-3-11(4-6-12)22-19(24)18(20)23/h3-10H,1-2H3,(H2,20,23)(H,22,24). The van der Waals surface area contributed by atoms with E-state index >= 15 is 0 Å².